The van der Waals surface area contributed by atoms with Crippen LogP contribution in [0.25, 0.3) is 5.76 Å². The molecular weight excluding hydrogens is 324 g/mol. The van der Waals surface area contributed by atoms with Crippen molar-refractivity contribution in [3.8, 4) is 0 Å². The predicted octanol–water partition coefficient (Wildman–Crippen LogP) is 5.46. The molecule has 0 saturated heterocycles. The molecule has 26 heavy (non-hydrogen) atoms. The van der Waals surface area contributed by atoms with Gasteiger partial charge in [-0.1, -0.05) is 86.5 Å². The van der Waals surface area contributed by atoms with E-state index in [9.17, 15) is 4.79 Å². The standard InChI is InChI=1S/C23H24O3/c1-3-4-7-16-19-20(23(24)25-2)22(18-14-10-6-11-15-18)26-21(19)17-12-8-5-9-13-17/h5-6,8-16,21H,3-4,7H2,1-2H3/t21-/m0/s1. The van der Waals surface area contributed by atoms with Crippen LogP contribution < -0.4 is 0 Å². The second-order valence-corrected chi connectivity index (χ2v) is 6.27. The van der Waals surface area contributed by atoms with E-state index in [2.05, 4.69) is 13.0 Å². The van der Waals surface area contributed by atoms with Crippen molar-refractivity contribution < 1.29 is 14.3 Å². The summed E-state index contributed by atoms with van der Waals surface area (Å²) >= 11 is 0. The molecule has 1 aliphatic heterocycles. The number of allylic oxidation sites excluding steroid dienone is 1. The minimum absolute atomic E-state index is 0.294. The number of ether oxygens (including phenoxy) is 2. The van der Waals surface area contributed by atoms with Gasteiger partial charge in [-0.3, -0.25) is 0 Å². The summed E-state index contributed by atoms with van der Waals surface area (Å²) in [5, 5.41) is 0. The maximum Gasteiger partial charge on any atom is 0.342 e. The topological polar surface area (TPSA) is 35.5 Å². The van der Waals surface area contributed by atoms with Crippen molar-refractivity contribution in [2.75, 3.05) is 7.11 Å². The van der Waals surface area contributed by atoms with Gasteiger partial charge in [0.2, 0.25) is 0 Å². The van der Waals surface area contributed by atoms with Crippen LogP contribution in [0.15, 0.2) is 77.9 Å². The summed E-state index contributed by atoms with van der Waals surface area (Å²) in [4.78, 5) is 12.6. The van der Waals surface area contributed by atoms with Crippen molar-refractivity contribution in [3.05, 3.63) is 89.0 Å². The molecule has 0 fully saturated rings. The van der Waals surface area contributed by atoms with Crippen LogP contribution in [0.1, 0.15) is 43.4 Å². The van der Waals surface area contributed by atoms with Crippen LogP contribution in [0.3, 0.4) is 0 Å². The Morgan fingerprint density at radius 1 is 1.08 bits per heavy atom. The van der Waals surface area contributed by atoms with Gasteiger partial charge >= 0.3 is 5.97 Å². The maximum absolute atomic E-state index is 12.6. The van der Waals surface area contributed by atoms with Crippen molar-refractivity contribution in [2.45, 2.75) is 32.3 Å². The van der Waals surface area contributed by atoms with Gasteiger partial charge in [-0.05, 0) is 12.0 Å². The van der Waals surface area contributed by atoms with Crippen molar-refractivity contribution >= 4 is 11.7 Å². The lowest BCUT2D eigenvalue weighted by molar-refractivity contribution is -0.135. The van der Waals surface area contributed by atoms with Gasteiger partial charge in [-0.15, -0.1) is 0 Å². The second-order valence-electron chi connectivity index (χ2n) is 6.27. The molecule has 0 bridgehead atoms. The lowest BCUT2D eigenvalue weighted by Gasteiger charge is -2.15. The van der Waals surface area contributed by atoms with Gasteiger partial charge in [-0.2, -0.15) is 0 Å². The number of carbonyl (C=O) groups is 1. The van der Waals surface area contributed by atoms with Crippen molar-refractivity contribution in [2.24, 2.45) is 0 Å². The summed E-state index contributed by atoms with van der Waals surface area (Å²) in [5.41, 5.74) is 3.34. The predicted molar refractivity (Wildman–Crippen MR) is 103 cm³/mol. The molecule has 1 heterocycles. The number of benzene rings is 2. The first kappa shape index (κ1) is 18.0. The molecule has 3 nitrogen and oxygen atoms in total. The fraction of sp³-hybridized carbons (Fsp3) is 0.261. The zero-order valence-corrected chi connectivity index (χ0v) is 15.3. The lowest BCUT2D eigenvalue weighted by Crippen LogP contribution is -2.08. The van der Waals surface area contributed by atoms with Gasteiger partial charge in [0, 0.05) is 11.1 Å². The Morgan fingerprint density at radius 2 is 1.73 bits per heavy atom. The van der Waals surface area contributed by atoms with Crippen LogP contribution in [0.4, 0.5) is 0 Å². The normalized spacial score (nSPS) is 18.1. The third kappa shape index (κ3) is 3.72. The summed E-state index contributed by atoms with van der Waals surface area (Å²) in [6, 6.07) is 19.7. The van der Waals surface area contributed by atoms with E-state index in [4.69, 9.17) is 9.47 Å². The van der Waals surface area contributed by atoms with E-state index < -0.39 is 0 Å². The third-order valence-corrected chi connectivity index (χ3v) is 4.48. The van der Waals surface area contributed by atoms with Crippen molar-refractivity contribution in [1.29, 1.82) is 0 Å². The fourth-order valence-corrected chi connectivity index (χ4v) is 3.16. The number of esters is 1. The number of hydrogen-bond donors (Lipinski definition) is 0. The van der Waals surface area contributed by atoms with Crippen LogP contribution in [0.2, 0.25) is 0 Å². The molecule has 0 saturated carbocycles. The quantitative estimate of drug-likeness (QED) is 0.514. The molecule has 2 aromatic carbocycles. The highest BCUT2D eigenvalue weighted by Crippen LogP contribution is 2.45. The summed E-state index contributed by atoms with van der Waals surface area (Å²) < 4.78 is 11.4. The van der Waals surface area contributed by atoms with E-state index in [-0.39, 0.29) is 12.1 Å². The minimum atomic E-state index is -0.356. The molecular formula is C23H24O3. The highest BCUT2D eigenvalue weighted by molar-refractivity contribution is 6.02. The monoisotopic (exact) mass is 348 g/mol. The van der Waals surface area contributed by atoms with Crippen molar-refractivity contribution in [1.82, 2.24) is 0 Å². The first-order valence-corrected chi connectivity index (χ1v) is 9.06. The Kier molecular flexibility index (Phi) is 5.90. The molecule has 0 aromatic heterocycles. The summed E-state index contributed by atoms with van der Waals surface area (Å²) in [6.07, 6.45) is 4.91. The molecule has 0 aliphatic carbocycles. The molecule has 0 N–H and O–H groups in total. The van der Waals surface area contributed by atoms with E-state index in [1.54, 1.807) is 0 Å². The number of methoxy groups -OCH3 is 1. The van der Waals surface area contributed by atoms with E-state index in [1.807, 2.05) is 60.7 Å². The van der Waals surface area contributed by atoms with E-state index in [0.717, 1.165) is 36.0 Å². The van der Waals surface area contributed by atoms with Crippen molar-refractivity contribution in [3.63, 3.8) is 0 Å². The van der Waals surface area contributed by atoms with Gasteiger partial charge in [-0.25, -0.2) is 4.79 Å². The van der Waals surface area contributed by atoms with Crippen LogP contribution >= 0.6 is 0 Å². The lowest BCUT2D eigenvalue weighted by atomic mass is 9.94. The molecule has 1 atom stereocenters. The zero-order valence-electron chi connectivity index (χ0n) is 15.3. The molecule has 0 unspecified atom stereocenters. The van der Waals surface area contributed by atoms with Crippen LogP contribution in [-0.2, 0) is 14.3 Å². The van der Waals surface area contributed by atoms with Crippen LogP contribution in [-0.4, -0.2) is 13.1 Å². The smallest absolute Gasteiger partial charge is 0.342 e. The van der Waals surface area contributed by atoms with E-state index >= 15 is 0 Å². The number of unbranched alkanes of at least 4 members (excludes halogenated alkanes) is 2. The molecule has 3 rings (SSSR count). The number of rotatable bonds is 6. The largest absolute Gasteiger partial charge is 0.479 e. The Hall–Kier alpha value is -2.81. The van der Waals surface area contributed by atoms with Crippen LogP contribution in [0, 0.1) is 0 Å². The maximum atomic E-state index is 12.6. The highest BCUT2D eigenvalue weighted by atomic mass is 16.5. The summed E-state index contributed by atoms with van der Waals surface area (Å²) in [7, 11) is 1.41. The fourth-order valence-electron chi connectivity index (χ4n) is 3.16. The summed E-state index contributed by atoms with van der Waals surface area (Å²) in [5.74, 6) is 0.235. The Balaban J connectivity index is 2.11. The van der Waals surface area contributed by atoms with Gasteiger partial charge in [0.05, 0.1) is 7.11 Å². The van der Waals surface area contributed by atoms with E-state index in [1.165, 1.54) is 7.11 Å². The first-order valence-electron chi connectivity index (χ1n) is 9.06. The number of carbonyl (C=O) groups excluding carboxylic acids is 1. The third-order valence-electron chi connectivity index (χ3n) is 4.48. The number of hydrogen-bond acceptors (Lipinski definition) is 3. The van der Waals surface area contributed by atoms with Crippen LogP contribution in [0.5, 0.6) is 0 Å². The molecule has 0 amide bonds. The Bertz CT molecular complexity index is 804. The first-order chi connectivity index (χ1) is 12.8. The average Bonchev–Trinajstić information content (AvgIpc) is 3.08. The SMILES string of the molecule is CCCCC=C1C(C(=O)OC)=C(c2ccccc2)O[C@H]1c1ccccc1. The summed E-state index contributed by atoms with van der Waals surface area (Å²) in [6.45, 7) is 2.16. The second kappa shape index (κ2) is 8.52. The zero-order chi connectivity index (χ0) is 18.4. The Morgan fingerprint density at radius 3 is 2.35 bits per heavy atom. The van der Waals surface area contributed by atoms with E-state index in [0.29, 0.717) is 11.3 Å². The van der Waals surface area contributed by atoms with Gasteiger partial charge in [0.1, 0.15) is 17.4 Å². The molecule has 0 spiro atoms. The molecule has 1 aliphatic rings. The average molecular weight is 348 g/mol. The Labute approximate surface area is 155 Å². The van der Waals surface area contributed by atoms with Gasteiger partial charge in [0.25, 0.3) is 0 Å². The van der Waals surface area contributed by atoms with Gasteiger partial charge < -0.3 is 9.47 Å². The highest BCUT2D eigenvalue weighted by Gasteiger charge is 2.37. The molecule has 3 heteroatoms. The molecule has 0 radical (unpaired) electrons. The molecule has 134 valence electrons. The minimum Gasteiger partial charge on any atom is -0.479 e. The van der Waals surface area contributed by atoms with Gasteiger partial charge in [0.15, 0.2) is 0 Å². The molecule has 2 aromatic rings.